The molecule has 3 aromatic rings. The van der Waals surface area contributed by atoms with Gasteiger partial charge in [0, 0.05) is 11.9 Å². The van der Waals surface area contributed by atoms with Gasteiger partial charge in [-0.3, -0.25) is 9.79 Å². The van der Waals surface area contributed by atoms with E-state index in [4.69, 9.17) is 11.5 Å². The molecule has 1 aliphatic rings. The van der Waals surface area contributed by atoms with Crippen molar-refractivity contribution < 1.29 is 4.79 Å². The van der Waals surface area contributed by atoms with Gasteiger partial charge in [-0.1, -0.05) is 6.07 Å². The molecule has 2 aromatic heterocycles. The van der Waals surface area contributed by atoms with Crippen LogP contribution in [0.15, 0.2) is 29.3 Å². The van der Waals surface area contributed by atoms with E-state index in [0.717, 1.165) is 11.3 Å². The van der Waals surface area contributed by atoms with Gasteiger partial charge in [0.25, 0.3) is 5.91 Å². The van der Waals surface area contributed by atoms with Crippen LogP contribution in [0.25, 0.3) is 10.2 Å². The zero-order chi connectivity index (χ0) is 16.0. The number of thiophene rings is 1. The van der Waals surface area contributed by atoms with E-state index in [0.29, 0.717) is 27.5 Å². The lowest BCUT2D eigenvalue weighted by Crippen LogP contribution is -2.08. The van der Waals surface area contributed by atoms with Crippen molar-refractivity contribution in [2.75, 3.05) is 11.1 Å². The average Bonchev–Trinajstić information content (AvgIpc) is 3.12. The number of rotatable bonds is 3. The second kappa shape index (κ2) is 5.03. The number of nitrogens with zero attached hydrogens (tertiary/aromatic N) is 3. The highest BCUT2D eigenvalue weighted by molar-refractivity contribution is 7.20. The van der Waals surface area contributed by atoms with Crippen molar-refractivity contribution in [1.29, 1.82) is 0 Å². The molecule has 0 saturated heterocycles. The fourth-order valence-corrected chi connectivity index (χ4v) is 3.36. The predicted molar refractivity (Wildman–Crippen MR) is 91.4 cm³/mol. The summed E-state index contributed by atoms with van der Waals surface area (Å²) in [5.74, 6) is 0.193. The topological polar surface area (TPSA) is 119 Å². The Balaban J connectivity index is 1.78. The van der Waals surface area contributed by atoms with Crippen molar-refractivity contribution in [3.05, 3.63) is 40.3 Å². The van der Waals surface area contributed by atoms with Crippen LogP contribution in [0.4, 0.5) is 17.5 Å². The Morgan fingerprint density at radius 3 is 2.96 bits per heavy atom. The summed E-state index contributed by atoms with van der Waals surface area (Å²) >= 11 is 1.20. The zero-order valence-corrected chi connectivity index (χ0v) is 12.7. The second-order valence-corrected chi connectivity index (χ2v) is 6.16. The van der Waals surface area contributed by atoms with Crippen LogP contribution < -0.4 is 16.8 Å². The first-order valence-corrected chi connectivity index (χ1v) is 7.68. The SMILES string of the molecule is NC(=O)c1cc2c(Nc3ccc4c(c3)C=NC4)nc(N)nc2s1. The summed E-state index contributed by atoms with van der Waals surface area (Å²) in [7, 11) is 0. The van der Waals surface area contributed by atoms with Gasteiger partial charge in [0.1, 0.15) is 10.6 Å². The lowest BCUT2D eigenvalue weighted by Gasteiger charge is -2.08. The Kier molecular flexibility index (Phi) is 2.98. The molecule has 114 valence electrons. The molecule has 5 N–H and O–H groups in total. The minimum Gasteiger partial charge on any atom is -0.368 e. The molecule has 4 rings (SSSR count). The van der Waals surface area contributed by atoms with Gasteiger partial charge in [-0.05, 0) is 29.3 Å². The van der Waals surface area contributed by atoms with Gasteiger partial charge in [-0.15, -0.1) is 11.3 Å². The van der Waals surface area contributed by atoms with E-state index in [1.807, 2.05) is 24.4 Å². The van der Waals surface area contributed by atoms with Gasteiger partial charge in [0.05, 0.1) is 16.8 Å². The monoisotopic (exact) mass is 324 g/mol. The highest BCUT2D eigenvalue weighted by Crippen LogP contribution is 2.31. The summed E-state index contributed by atoms with van der Waals surface area (Å²) in [6, 6.07) is 7.66. The maximum absolute atomic E-state index is 11.4. The molecule has 1 aromatic carbocycles. The lowest BCUT2D eigenvalue weighted by atomic mass is 10.1. The van der Waals surface area contributed by atoms with E-state index in [2.05, 4.69) is 20.3 Å². The van der Waals surface area contributed by atoms with E-state index in [9.17, 15) is 4.79 Å². The Morgan fingerprint density at radius 2 is 2.13 bits per heavy atom. The van der Waals surface area contributed by atoms with E-state index in [1.165, 1.54) is 16.9 Å². The maximum atomic E-state index is 11.4. The highest BCUT2D eigenvalue weighted by atomic mass is 32.1. The number of nitrogens with two attached hydrogens (primary N) is 2. The number of carbonyl (C=O) groups excluding carboxylic acids is 1. The van der Waals surface area contributed by atoms with Crippen LogP contribution in [-0.4, -0.2) is 22.1 Å². The fourth-order valence-electron chi connectivity index (χ4n) is 2.47. The molecule has 1 amide bonds. The van der Waals surface area contributed by atoms with Crippen molar-refractivity contribution in [3.63, 3.8) is 0 Å². The number of fused-ring (bicyclic) bond motifs is 2. The largest absolute Gasteiger partial charge is 0.368 e. The first kappa shape index (κ1) is 13.6. The number of nitrogen functional groups attached to an aromatic ring is 1. The van der Waals surface area contributed by atoms with E-state index in [-0.39, 0.29) is 5.95 Å². The summed E-state index contributed by atoms with van der Waals surface area (Å²) in [6.45, 7) is 0.715. The third-order valence-electron chi connectivity index (χ3n) is 3.55. The molecule has 0 aliphatic carbocycles. The number of anilines is 3. The Hall–Kier alpha value is -3.00. The van der Waals surface area contributed by atoms with Crippen LogP contribution in [0, 0.1) is 0 Å². The molecular formula is C15H12N6OS. The highest BCUT2D eigenvalue weighted by Gasteiger charge is 2.14. The van der Waals surface area contributed by atoms with Crippen molar-refractivity contribution >= 4 is 51.1 Å². The zero-order valence-electron chi connectivity index (χ0n) is 11.9. The number of aromatic nitrogens is 2. The first-order chi connectivity index (χ1) is 11.1. The Morgan fingerprint density at radius 1 is 1.26 bits per heavy atom. The van der Waals surface area contributed by atoms with Crippen molar-refractivity contribution in [2.24, 2.45) is 10.7 Å². The van der Waals surface area contributed by atoms with Gasteiger partial charge >= 0.3 is 0 Å². The van der Waals surface area contributed by atoms with Crippen molar-refractivity contribution in [2.45, 2.75) is 6.54 Å². The van der Waals surface area contributed by atoms with Crippen molar-refractivity contribution in [1.82, 2.24) is 9.97 Å². The fraction of sp³-hybridized carbons (Fsp3) is 0.0667. The molecule has 0 radical (unpaired) electrons. The van der Waals surface area contributed by atoms with Gasteiger partial charge in [-0.25, -0.2) is 4.98 Å². The van der Waals surface area contributed by atoms with E-state index < -0.39 is 5.91 Å². The van der Waals surface area contributed by atoms with Gasteiger partial charge in [-0.2, -0.15) is 4.98 Å². The maximum Gasteiger partial charge on any atom is 0.258 e. The summed E-state index contributed by atoms with van der Waals surface area (Å²) < 4.78 is 0. The number of carbonyl (C=O) groups is 1. The van der Waals surface area contributed by atoms with Crippen LogP contribution >= 0.6 is 11.3 Å². The molecule has 7 nitrogen and oxygen atoms in total. The minimum atomic E-state index is -0.494. The number of nitrogens with one attached hydrogen (secondary N) is 1. The van der Waals surface area contributed by atoms with Crippen LogP contribution in [0.2, 0.25) is 0 Å². The number of aliphatic imine (C=N–C) groups is 1. The Labute approximate surface area is 135 Å². The number of hydrogen-bond acceptors (Lipinski definition) is 7. The van der Waals surface area contributed by atoms with Gasteiger partial charge < -0.3 is 16.8 Å². The van der Waals surface area contributed by atoms with E-state index in [1.54, 1.807) is 6.07 Å². The van der Waals surface area contributed by atoms with Crippen LogP contribution in [0.5, 0.6) is 0 Å². The molecule has 23 heavy (non-hydrogen) atoms. The summed E-state index contributed by atoms with van der Waals surface area (Å²) in [5.41, 5.74) is 14.2. The number of hydrogen-bond donors (Lipinski definition) is 3. The standard InChI is InChI=1S/C15H12N6OS/c16-12(22)11-4-10-13(20-15(17)21-14(10)23-11)19-9-2-1-7-5-18-6-8(7)3-9/h1-4,6H,5H2,(H2,16,22)(H3,17,19,20,21). The molecule has 1 aliphatic heterocycles. The number of benzene rings is 1. The summed E-state index contributed by atoms with van der Waals surface area (Å²) in [5, 5.41) is 3.95. The molecule has 0 fully saturated rings. The van der Waals surface area contributed by atoms with E-state index >= 15 is 0 Å². The Bertz CT molecular complexity index is 978. The number of primary amides is 1. The summed E-state index contributed by atoms with van der Waals surface area (Å²) in [4.78, 5) is 25.0. The minimum absolute atomic E-state index is 0.139. The van der Waals surface area contributed by atoms with Gasteiger partial charge in [0.2, 0.25) is 5.95 Å². The smallest absolute Gasteiger partial charge is 0.258 e. The molecule has 0 saturated carbocycles. The third-order valence-corrected chi connectivity index (χ3v) is 4.60. The first-order valence-electron chi connectivity index (χ1n) is 6.87. The molecule has 0 spiro atoms. The lowest BCUT2D eigenvalue weighted by molar-refractivity contribution is 0.100. The normalized spacial score (nSPS) is 12.5. The van der Waals surface area contributed by atoms with Crippen LogP contribution in [0.1, 0.15) is 20.8 Å². The van der Waals surface area contributed by atoms with Crippen LogP contribution in [0.3, 0.4) is 0 Å². The number of amides is 1. The molecule has 3 heterocycles. The summed E-state index contributed by atoms with van der Waals surface area (Å²) in [6.07, 6.45) is 1.85. The quantitative estimate of drug-likeness (QED) is 0.681. The molecule has 0 atom stereocenters. The second-order valence-electron chi connectivity index (χ2n) is 5.13. The predicted octanol–water partition coefficient (Wildman–Crippen LogP) is 2.05. The molecule has 0 bridgehead atoms. The van der Waals surface area contributed by atoms with Crippen molar-refractivity contribution in [3.8, 4) is 0 Å². The molecular weight excluding hydrogens is 312 g/mol. The molecule has 0 unspecified atom stereocenters. The van der Waals surface area contributed by atoms with Crippen LogP contribution in [-0.2, 0) is 6.54 Å². The molecule has 8 heteroatoms. The third kappa shape index (κ3) is 2.38. The van der Waals surface area contributed by atoms with Gasteiger partial charge in [0.15, 0.2) is 0 Å². The average molecular weight is 324 g/mol.